The Balaban J connectivity index is 1.57. The Morgan fingerprint density at radius 3 is 2.45 bits per heavy atom. The third-order valence-corrected chi connectivity index (χ3v) is 5.07. The van der Waals surface area contributed by atoms with Crippen LogP contribution < -0.4 is 16.0 Å². The number of aromatic hydroxyl groups is 1. The Morgan fingerprint density at radius 1 is 1.00 bits per heavy atom. The lowest BCUT2D eigenvalue weighted by Crippen LogP contribution is -2.40. The smallest absolute Gasteiger partial charge is 0.276 e. The molecule has 9 nitrogen and oxygen atoms in total. The first-order chi connectivity index (χ1) is 15.0. The number of anilines is 1. The number of hydrogen-bond donors (Lipinski definition) is 4. The van der Waals surface area contributed by atoms with Crippen molar-refractivity contribution in [2.24, 2.45) is 0 Å². The van der Waals surface area contributed by atoms with Crippen LogP contribution in [0.2, 0.25) is 0 Å². The molecule has 2 aromatic carbocycles. The number of benzene rings is 2. The highest BCUT2D eigenvalue weighted by Crippen LogP contribution is 2.30. The summed E-state index contributed by atoms with van der Waals surface area (Å²) in [4.78, 5) is 38.9. The fourth-order valence-electron chi connectivity index (χ4n) is 3.42. The highest BCUT2D eigenvalue weighted by Gasteiger charge is 2.31. The van der Waals surface area contributed by atoms with Crippen LogP contribution in [0, 0.1) is 0 Å². The van der Waals surface area contributed by atoms with Gasteiger partial charge in [-0.2, -0.15) is 0 Å². The Bertz CT molecular complexity index is 1050. The van der Waals surface area contributed by atoms with Crippen molar-refractivity contribution in [3.8, 4) is 5.75 Å². The number of morpholine rings is 1. The van der Waals surface area contributed by atoms with Crippen LogP contribution in [0.3, 0.4) is 0 Å². The predicted molar refractivity (Wildman–Crippen MR) is 112 cm³/mol. The van der Waals surface area contributed by atoms with E-state index in [0.29, 0.717) is 32.8 Å². The molecule has 0 unspecified atom stereocenters. The normalized spacial score (nSPS) is 16.3. The molecule has 1 saturated heterocycles. The van der Waals surface area contributed by atoms with Gasteiger partial charge in [0, 0.05) is 19.6 Å². The van der Waals surface area contributed by atoms with Gasteiger partial charge in [0.2, 0.25) is 0 Å². The highest BCUT2D eigenvalue weighted by molar-refractivity contribution is 6.20. The Labute approximate surface area is 178 Å². The van der Waals surface area contributed by atoms with E-state index in [4.69, 9.17) is 4.74 Å². The van der Waals surface area contributed by atoms with Crippen molar-refractivity contribution < 1.29 is 24.2 Å². The summed E-state index contributed by atoms with van der Waals surface area (Å²) < 4.78 is 5.26. The van der Waals surface area contributed by atoms with Crippen LogP contribution in [0.5, 0.6) is 5.75 Å². The van der Waals surface area contributed by atoms with E-state index in [1.165, 1.54) is 12.1 Å². The van der Waals surface area contributed by atoms with Crippen LogP contribution >= 0.6 is 0 Å². The second kappa shape index (κ2) is 8.88. The van der Waals surface area contributed by atoms with Gasteiger partial charge in [-0.3, -0.25) is 19.7 Å². The summed E-state index contributed by atoms with van der Waals surface area (Å²) in [5.74, 6) is -1.80. The lowest BCUT2D eigenvalue weighted by molar-refractivity contribution is -0.124. The van der Waals surface area contributed by atoms with Crippen molar-refractivity contribution in [1.29, 1.82) is 0 Å². The Morgan fingerprint density at radius 2 is 1.71 bits per heavy atom. The summed E-state index contributed by atoms with van der Waals surface area (Å²) in [6.07, 6.45) is 0. The molecule has 0 spiro atoms. The molecule has 2 aromatic rings. The van der Waals surface area contributed by atoms with Crippen LogP contribution in [0.1, 0.15) is 15.9 Å². The third-order valence-electron chi connectivity index (χ3n) is 5.07. The minimum atomic E-state index is -0.620. The van der Waals surface area contributed by atoms with Crippen molar-refractivity contribution in [1.82, 2.24) is 15.5 Å². The van der Waals surface area contributed by atoms with Gasteiger partial charge < -0.3 is 25.4 Å². The number of para-hydroxylation sites is 1. The van der Waals surface area contributed by atoms with Crippen LogP contribution in [-0.4, -0.2) is 54.0 Å². The minimum Gasteiger partial charge on any atom is -0.505 e. The van der Waals surface area contributed by atoms with Crippen LogP contribution in [0.15, 0.2) is 59.9 Å². The number of rotatable bonds is 6. The number of phenols is 1. The monoisotopic (exact) mass is 422 g/mol. The molecule has 0 radical (unpaired) electrons. The SMILES string of the molecule is O=C1NC(=O)C(Nc2cccc(C(=O)N3CCOCC3)c2O)=C1NCc1ccccc1. The van der Waals surface area contributed by atoms with Gasteiger partial charge in [0.15, 0.2) is 5.75 Å². The number of amides is 3. The lowest BCUT2D eigenvalue weighted by Gasteiger charge is -2.27. The van der Waals surface area contributed by atoms with Gasteiger partial charge in [-0.05, 0) is 17.7 Å². The summed E-state index contributed by atoms with van der Waals surface area (Å²) in [5, 5.41) is 18.7. The number of imide groups is 1. The van der Waals surface area contributed by atoms with E-state index in [9.17, 15) is 19.5 Å². The summed E-state index contributed by atoms with van der Waals surface area (Å²) in [7, 11) is 0. The van der Waals surface area contributed by atoms with Crippen molar-refractivity contribution in [3.05, 3.63) is 71.1 Å². The number of ether oxygens (including phenoxy) is 1. The van der Waals surface area contributed by atoms with Gasteiger partial charge in [0.05, 0.1) is 24.5 Å². The zero-order chi connectivity index (χ0) is 21.8. The van der Waals surface area contributed by atoms with E-state index in [1.807, 2.05) is 30.3 Å². The maximum atomic E-state index is 12.8. The number of nitrogens with zero attached hydrogens (tertiary/aromatic N) is 1. The van der Waals surface area contributed by atoms with Crippen molar-refractivity contribution in [3.63, 3.8) is 0 Å². The first-order valence-corrected chi connectivity index (χ1v) is 9.88. The van der Waals surface area contributed by atoms with E-state index in [0.717, 1.165) is 5.56 Å². The molecule has 2 aliphatic rings. The number of phenolic OH excluding ortho intramolecular Hbond substituents is 1. The number of hydrogen-bond acceptors (Lipinski definition) is 7. The number of carbonyl (C=O) groups excluding carboxylic acids is 3. The Hall–Kier alpha value is -3.85. The quantitative estimate of drug-likeness (QED) is 0.404. The molecular formula is C22H22N4O5. The fourth-order valence-corrected chi connectivity index (χ4v) is 3.42. The summed E-state index contributed by atoms with van der Waals surface area (Å²) >= 11 is 0. The summed E-state index contributed by atoms with van der Waals surface area (Å²) in [6, 6.07) is 14.1. The van der Waals surface area contributed by atoms with Gasteiger partial charge in [0.1, 0.15) is 11.4 Å². The molecule has 4 rings (SSSR count). The summed E-state index contributed by atoms with van der Waals surface area (Å²) in [5.41, 5.74) is 1.24. The molecule has 0 atom stereocenters. The van der Waals surface area contributed by atoms with Crippen molar-refractivity contribution in [2.75, 3.05) is 31.6 Å². The number of carbonyl (C=O) groups is 3. The largest absolute Gasteiger partial charge is 0.505 e. The first kappa shape index (κ1) is 20.4. The second-order valence-electron chi connectivity index (χ2n) is 7.10. The molecule has 31 heavy (non-hydrogen) atoms. The topological polar surface area (TPSA) is 120 Å². The van der Waals surface area contributed by atoms with Gasteiger partial charge in [-0.15, -0.1) is 0 Å². The average Bonchev–Trinajstić information content (AvgIpc) is 3.06. The molecule has 2 aliphatic heterocycles. The number of nitrogens with one attached hydrogen (secondary N) is 3. The molecule has 0 aliphatic carbocycles. The molecule has 0 aromatic heterocycles. The van der Waals surface area contributed by atoms with E-state index in [-0.39, 0.29) is 34.3 Å². The average molecular weight is 422 g/mol. The molecule has 4 N–H and O–H groups in total. The standard InChI is InChI=1S/C22H22N4O5/c27-19-15(22(30)26-9-11-31-12-10-26)7-4-8-16(19)24-18-17(20(28)25-21(18)29)23-13-14-5-2-1-3-6-14/h1-8,27H,9-13H2,(H3,23,24,25,28,29). The van der Waals surface area contributed by atoms with Crippen LogP contribution in [-0.2, 0) is 20.9 Å². The van der Waals surface area contributed by atoms with Gasteiger partial charge in [0.25, 0.3) is 17.7 Å². The van der Waals surface area contributed by atoms with E-state index in [2.05, 4.69) is 16.0 Å². The zero-order valence-corrected chi connectivity index (χ0v) is 16.7. The van der Waals surface area contributed by atoms with Crippen molar-refractivity contribution in [2.45, 2.75) is 6.54 Å². The van der Waals surface area contributed by atoms with Gasteiger partial charge >= 0.3 is 0 Å². The lowest BCUT2D eigenvalue weighted by atomic mass is 10.1. The molecule has 1 fully saturated rings. The fraction of sp³-hybridized carbons (Fsp3) is 0.227. The van der Waals surface area contributed by atoms with Gasteiger partial charge in [-0.25, -0.2) is 0 Å². The van der Waals surface area contributed by atoms with E-state index in [1.54, 1.807) is 11.0 Å². The molecule has 160 valence electrons. The Kier molecular flexibility index (Phi) is 5.85. The molecule has 3 amide bonds. The molecule has 0 saturated carbocycles. The molecule has 0 bridgehead atoms. The maximum absolute atomic E-state index is 12.8. The maximum Gasteiger partial charge on any atom is 0.276 e. The second-order valence-corrected chi connectivity index (χ2v) is 7.10. The first-order valence-electron chi connectivity index (χ1n) is 9.88. The highest BCUT2D eigenvalue weighted by atomic mass is 16.5. The minimum absolute atomic E-state index is 0.0211. The predicted octanol–water partition coefficient (Wildman–Crippen LogP) is 0.934. The molecule has 9 heteroatoms. The molecular weight excluding hydrogens is 400 g/mol. The molecule has 2 heterocycles. The summed E-state index contributed by atoms with van der Waals surface area (Å²) in [6.45, 7) is 2.09. The van der Waals surface area contributed by atoms with E-state index >= 15 is 0 Å². The van der Waals surface area contributed by atoms with E-state index < -0.39 is 11.8 Å². The van der Waals surface area contributed by atoms with Crippen LogP contribution in [0.25, 0.3) is 0 Å². The third kappa shape index (κ3) is 4.36. The van der Waals surface area contributed by atoms with Crippen molar-refractivity contribution >= 4 is 23.4 Å². The zero-order valence-electron chi connectivity index (χ0n) is 16.7. The van der Waals surface area contributed by atoms with Crippen LogP contribution in [0.4, 0.5) is 5.69 Å². The van der Waals surface area contributed by atoms with Gasteiger partial charge in [-0.1, -0.05) is 36.4 Å².